The second-order valence-electron chi connectivity index (χ2n) is 3.69. The van der Waals surface area contributed by atoms with E-state index in [1.165, 1.54) is 0 Å². The molecule has 0 radical (unpaired) electrons. The first-order valence-corrected chi connectivity index (χ1v) is 5.49. The number of carbonyl (C=O) groups is 1. The van der Waals surface area contributed by atoms with E-state index >= 15 is 0 Å². The number of carboxylic acid groups (broad SMARTS) is 1. The van der Waals surface area contributed by atoms with Gasteiger partial charge in [-0.3, -0.25) is 9.69 Å². The van der Waals surface area contributed by atoms with Crippen LogP contribution >= 0.6 is 0 Å². The van der Waals surface area contributed by atoms with Crippen molar-refractivity contribution in [2.24, 2.45) is 0 Å². The van der Waals surface area contributed by atoms with Gasteiger partial charge >= 0.3 is 5.97 Å². The van der Waals surface area contributed by atoms with E-state index in [9.17, 15) is 4.79 Å². The quantitative estimate of drug-likeness (QED) is 0.732. The van der Waals surface area contributed by atoms with Gasteiger partial charge in [0.1, 0.15) is 0 Å². The molecule has 0 saturated carbocycles. The summed E-state index contributed by atoms with van der Waals surface area (Å²) >= 11 is 0. The van der Waals surface area contributed by atoms with E-state index in [0.29, 0.717) is 13.1 Å². The average molecular weight is 231 g/mol. The lowest BCUT2D eigenvalue weighted by molar-refractivity contribution is -0.138. The molecule has 0 aliphatic heterocycles. The van der Waals surface area contributed by atoms with E-state index in [2.05, 4.69) is 6.58 Å². The van der Waals surface area contributed by atoms with Gasteiger partial charge in [-0.1, -0.05) is 48.6 Å². The second-order valence-corrected chi connectivity index (χ2v) is 3.69. The summed E-state index contributed by atoms with van der Waals surface area (Å²) in [4.78, 5) is 12.4. The van der Waals surface area contributed by atoms with Crippen molar-refractivity contribution in [1.82, 2.24) is 4.90 Å². The highest BCUT2D eigenvalue weighted by atomic mass is 16.4. The van der Waals surface area contributed by atoms with Crippen molar-refractivity contribution in [2.45, 2.75) is 0 Å². The Balaban J connectivity index is 2.48. The van der Waals surface area contributed by atoms with Crippen LogP contribution in [0, 0.1) is 0 Å². The number of rotatable bonds is 7. The van der Waals surface area contributed by atoms with Crippen LogP contribution in [0.5, 0.6) is 0 Å². The maximum atomic E-state index is 10.6. The first-order chi connectivity index (χ1) is 8.22. The smallest absolute Gasteiger partial charge is 0.317 e. The van der Waals surface area contributed by atoms with Crippen molar-refractivity contribution < 1.29 is 9.90 Å². The fourth-order valence-electron chi connectivity index (χ4n) is 1.48. The van der Waals surface area contributed by atoms with Gasteiger partial charge in [-0.15, -0.1) is 6.58 Å². The first kappa shape index (κ1) is 13.2. The number of carboxylic acids is 1. The van der Waals surface area contributed by atoms with Crippen LogP contribution in [0.25, 0.3) is 6.08 Å². The maximum absolute atomic E-state index is 10.6. The lowest BCUT2D eigenvalue weighted by atomic mass is 10.2. The topological polar surface area (TPSA) is 40.5 Å². The van der Waals surface area contributed by atoms with Gasteiger partial charge in [-0.05, 0) is 5.56 Å². The molecule has 3 heteroatoms. The van der Waals surface area contributed by atoms with Crippen LogP contribution in [0.4, 0.5) is 0 Å². The highest BCUT2D eigenvalue weighted by Crippen LogP contribution is 2.01. The minimum absolute atomic E-state index is 0.0329. The van der Waals surface area contributed by atoms with Crippen LogP contribution in [0.2, 0.25) is 0 Å². The van der Waals surface area contributed by atoms with E-state index < -0.39 is 5.97 Å². The highest BCUT2D eigenvalue weighted by Gasteiger charge is 2.05. The molecule has 0 amide bonds. The summed E-state index contributed by atoms with van der Waals surface area (Å²) in [5.41, 5.74) is 1.11. The molecule has 0 saturated heterocycles. The molecule has 0 aromatic heterocycles. The molecule has 1 aromatic rings. The molecule has 0 fully saturated rings. The van der Waals surface area contributed by atoms with Crippen LogP contribution in [0.15, 0.2) is 49.1 Å². The molecular weight excluding hydrogens is 214 g/mol. The Morgan fingerprint density at radius 2 is 2.00 bits per heavy atom. The van der Waals surface area contributed by atoms with Crippen molar-refractivity contribution in [3.05, 3.63) is 54.6 Å². The van der Waals surface area contributed by atoms with Crippen molar-refractivity contribution >= 4 is 12.0 Å². The summed E-state index contributed by atoms with van der Waals surface area (Å²) in [7, 11) is 0. The Labute approximate surface area is 102 Å². The predicted octanol–water partition coefficient (Wildman–Crippen LogP) is 2.27. The molecule has 0 unspecified atom stereocenters. The summed E-state index contributed by atoms with van der Waals surface area (Å²) in [6.07, 6.45) is 5.65. The average Bonchev–Trinajstić information content (AvgIpc) is 2.30. The van der Waals surface area contributed by atoms with E-state index in [4.69, 9.17) is 5.11 Å². The van der Waals surface area contributed by atoms with Gasteiger partial charge in [-0.2, -0.15) is 0 Å². The molecule has 1 aromatic carbocycles. The van der Waals surface area contributed by atoms with Gasteiger partial charge in [0.2, 0.25) is 0 Å². The van der Waals surface area contributed by atoms with E-state index in [1.807, 2.05) is 42.5 Å². The summed E-state index contributed by atoms with van der Waals surface area (Å²) in [6.45, 7) is 4.83. The molecule has 0 spiro atoms. The third-order valence-electron chi connectivity index (χ3n) is 2.22. The number of hydrogen-bond donors (Lipinski definition) is 1. The fourth-order valence-corrected chi connectivity index (χ4v) is 1.48. The zero-order valence-corrected chi connectivity index (χ0v) is 9.75. The zero-order valence-electron chi connectivity index (χ0n) is 9.75. The number of aliphatic carboxylic acids is 1. The van der Waals surface area contributed by atoms with Crippen molar-refractivity contribution in [1.29, 1.82) is 0 Å². The number of nitrogens with zero attached hydrogens (tertiary/aromatic N) is 1. The lowest BCUT2D eigenvalue weighted by Crippen LogP contribution is -2.30. The Bertz CT molecular complexity index is 384. The SMILES string of the molecule is C=CCN(CC=Cc1ccccc1)CC(=O)O. The summed E-state index contributed by atoms with van der Waals surface area (Å²) in [5, 5.41) is 8.73. The maximum Gasteiger partial charge on any atom is 0.317 e. The van der Waals surface area contributed by atoms with Crippen molar-refractivity contribution in [3.63, 3.8) is 0 Å². The first-order valence-electron chi connectivity index (χ1n) is 5.49. The molecule has 0 aliphatic rings. The Morgan fingerprint density at radius 3 is 2.59 bits per heavy atom. The van der Waals surface area contributed by atoms with E-state index in [1.54, 1.807) is 11.0 Å². The van der Waals surface area contributed by atoms with Crippen molar-refractivity contribution in [3.8, 4) is 0 Å². The van der Waals surface area contributed by atoms with Crippen LogP contribution < -0.4 is 0 Å². The van der Waals surface area contributed by atoms with Gasteiger partial charge < -0.3 is 5.11 Å². The monoisotopic (exact) mass is 231 g/mol. The molecular formula is C14H17NO2. The van der Waals surface area contributed by atoms with Gasteiger partial charge in [0, 0.05) is 13.1 Å². The number of hydrogen-bond acceptors (Lipinski definition) is 2. The molecule has 1 rings (SSSR count). The Kier molecular flexibility index (Phi) is 5.75. The minimum atomic E-state index is -0.819. The highest BCUT2D eigenvalue weighted by molar-refractivity contribution is 5.69. The summed E-state index contributed by atoms with van der Waals surface area (Å²) < 4.78 is 0. The normalized spacial score (nSPS) is 10.9. The van der Waals surface area contributed by atoms with E-state index in [-0.39, 0.29) is 6.54 Å². The van der Waals surface area contributed by atoms with Gasteiger partial charge in [-0.25, -0.2) is 0 Å². The van der Waals surface area contributed by atoms with Gasteiger partial charge in [0.05, 0.1) is 6.54 Å². The number of benzene rings is 1. The van der Waals surface area contributed by atoms with E-state index in [0.717, 1.165) is 5.56 Å². The Morgan fingerprint density at radius 1 is 1.29 bits per heavy atom. The van der Waals surface area contributed by atoms with Gasteiger partial charge in [0.15, 0.2) is 0 Å². The molecule has 17 heavy (non-hydrogen) atoms. The molecule has 3 nitrogen and oxygen atoms in total. The van der Waals surface area contributed by atoms with Gasteiger partial charge in [0.25, 0.3) is 0 Å². The van der Waals surface area contributed by atoms with Crippen molar-refractivity contribution in [2.75, 3.05) is 19.6 Å². The van der Waals surface area contributed by atoms with Crippen LogP contribution in [0.1, 0.15) is 5.56 Å². The van der Waals surface area contributed by atoms with Crippen LogP contribution in [-0.2, 0) is 4.79 Å². The largest absolute Gasteiger partial charge is 0.480 e. The molecule has 0 bridgehead atoms. The molecule has 90 valence electrons. The second kappa shape index (κ2) is 7.41. The lowest BCUT2D eigenvalue weighted by Gasteiger charge is -2.15. The molecule has 0 aliphatic carbocycles. The van der Waals surface area contributed by atoms with Crippen LogP contribution in [0.3, 0.4) is 0 Å². The Hall–Kier alpha value is -1.87. The fraction of sp³-hybridized carbons (Fsp3) is 0.214. The van der Waals surface area contributed by atoms with Crippen LogP contribution in [-0.4, -0.2) is 35.6 Å². The summed E-state index contributed by atoms with van der Waals surface area (Å²) in [6, 6.07) is 9.92. The summed E-state index contributed by atoms with van der Waals surface area (Å²) in [5.74, 6) is -0.819. The third kappa shape index (κ3) is 5.68. The zero-order chi connectivity index (χ0) is 12.5. The molecule has 0 heterocycles. The molecule has 0 atom stereocenters. The predicted molar refractivity (Wildman–Crippen MR) is 69.7 cm³/mol. The standard InChI is InChI=1S/C14H17NO2/c1-2-10-15(12-14(16)17)11-6-9-13-7-4-3-5-8-13/h2-9H,1,10-12H2,(H,16,17). The minimum Gasteiger partial charge on any atom is -0.480 e. The molecule has 1 N–H and O–H groups in total. The third-order valence-corrected chi connectivity index (χ3v) is 2.22.